The predicted molar refractivity (Wildman–Crippen MR) is 40.8 cm³/mol. The summed E-state index contributed by atoms with van der Waals surface area (Å²) < 4.78 is 28.8. The Labute approximate surface area is 73.1 Å². The maximum absolute atomic E-state index is 12.0. The fraction of sp³-hybridized carbons (Fsp3) is 0.286. The molecule has 0 aliphatic rings. The second-order valence-electron chi connectivity index (χ2n) is 2.04. The number of methoxy groups -OCH3 is 1. The zero-order chi connectivity index (χ0) is 9.14. The Hall–Kier alpha value is -0.900. The number of hydrogen-bond donors (Lipinski definition) is 0. The van der Waals surface area contributed by atoms with Crippen LogP contribution >= 0.6 is 11.6 Å². The molecule has 5 heteroatoms. The van der Waals surface area contributed by atoms with Crippen molar-refractivity contribution < 1.29 is 13.5 Å². The molecule has 0 bridgehead atoms. The van der Waals surface area contributed by atoms with Crippen molar-refractivity contribution in [2.24, 2.45) is 0 Å². The number of halogens is 3. The van der Waals surface area contributed by atoms with Crippen molar-refractivity contribution in [3.63, 3.8) is 0 Å². The van der Waals surface area contributed by atoms with Crippen LogP contribution in [0.3, 0.4) is 0 Å². The van der Waals surface area contributed by atoms with Gasteiger partial charge in [-0.25, -0.2) is 8.78 Å². The monoisotopic (exact) mass is 193 g/mol. The molecule has 1 heterocycles. The highest BCUT2D eigenvalue weighted by Gasteiger charge is 2.11. The largest absolute Gasteiger partial charge is 0.494 e. The van der Waals surface area contributed by atoms with Crippen molar-refractivity contribution in [1.29, 1.82) is 0 Å². The van der Waals surface area contributed by atoms with Gasteiger partial charge in [0.25, 0.3) is 6.43 Å². The minimum Gasteiger partial charge on any atom is -0.494 e. The highest BCUT2D eigenvalue weighted by Crippen LogP contribution is 2.26. The summed E-state index contributed by atoms with van der Waals surface area (Å²) in [5.41, 5.74) is -0.346. The highest BCUT2D eigenvalue weighted by atomic mass is 35.5. The van der Waals surface area contributed by atoms with Crippen molar-refractivity contribution >= 4 is 11.6 Å². The van der Waals surface area contributed by atoms with Crippen molar-refractivity contribution in [2.45, 2.75) is 6.43 Å². The zero-order valence-electron chi connectivity index (χ0n) is 6.22. The fourth-order valence-corrected chi connectivity index (χ4v) is 0.940. The summed E-state index contributed by atoms with van der Waals surface area (Å²) in [6.07, 6.45) is -1.43. The Balaban J connectivity index is 3.02. The molecule has 0 saturated heterocycles. The average molecular weight is 194 g/mol. The van der Waals surface area contributed by atoms with Crippen molar-refractivity contribution in [3.8, 4) is 5.75 Å². The van der Waals surface area contributed by atoms with Gasteiger partial charge in [-0.3, -0.25) is 4.98 Å². The SMILES string of the molecule is COc1cnc(C(F)F)cc1Cl. The zero-order valence-corrected chi connectivity index (χ0v) is 6.98. The molecule has 0 aromatic carbocycles. The molecule has 0 amide bonds. The van der Waals surface area contributed by atoms with Gasteiger partial charge < -0.3 is 4.74 Å². The van der Waals surface area contributed by atoms with Crippen LogP contribution in [-0.2, 0) is 0 Å². The van der Waals surface area contributed by atoms with Gasteiger partial charge in [-0.15, -0.1) is 0 Å². The second kappa shape index (κ2) is 3.67. The number of alkyl halides is 2. The summed E-state index contributed by atoms with van der Waals surface area (Å²) in [6.45, 7) is 0. The standard InChI is InChI=1S/C7H6ClF2NO/c1-12-6-3-11-5(7(9)10)2-4(6)8/h2-3,7H,1H3. The van der Waals surface area contributed by atoms with E-state index >= 15 is 0 Å². The van der Waals surface area contributed by atoms with Crippen LogP contribution in [0, 0.1) is 0 Å². The lowest BCUT2D eigenvalue weighted by atomic mass is 10.3. The number of ether oxygens (including phenoxy) is 1. The summed E-state index contributed by atoms with van der Waals surface area (Å²) in [5.74, 6) is 0.293. The van der Waals surface area contributed by atoms with Gasteiger partial charge in [0.2, 0.25) is 0 Å². The maximum atomic E-state index is 12.0. The van der Waals surface area contributed by atoms with Crippen LogP contribution in [0.4, 0.5) is 8.78 Å². The predicted octanol–water partition coefficient (Wildman–Crippen LogP) is 2.68. The first-order valence-electron chi connectivity index (χ1n) is 3.12. The molecule has 0 spiro atoms. The molecule has 0 fully saturated rings. The minimum atomic E-state index is -2.60. The van der Waals surface area contributed by atoms with Crippen molar-refractivity contribution in [2.75, 3.05) is 7.11 Å². The number of pyridine rings is 1. The van der Waals surface area contributed by atoms with Crippen LogP contribution in [0.5, 0.6) is 5.75 Å². The lowest BCUT2D eigenvalue weighted by molar-refractivity contribution is 0.146. The van der Waals surface area contributed by atoms with Gasteiger partial charge in [-0.05, 0) is 6.07 Å². The van der Waals surface area contributed by atoms with E-state index in [1.165, 1.54) is 13.3 Å². The summed E-state index contributed by atoms with van der Waals surface area (Å²) in [7, 11) is 1.39. The Morgan fingerprint density at radius 2 is 2.25 bits per heavy atom. The van der Waals surface area contributed by atoms with Crippen LogP contribution in [0.25, 0.3) is 0 Å². The Kier molecular flexibility index (Phi) is 2.81. The number of hydrogen-bond acceptors (Lipinski definition) is 2. The highest BCUT2D eigenvalue weighted by molar-refractivity contribution is 6.32. The summed E-state index contributed by atoms with van der Waals surface area (Å²) >= 11 is 5.58. The van der Waals surface area contributed by atoms with Gasteiger partial charge in [0, 0.05) is 0 Å². The molecule has 0 atom stereocenters. The van der Waals surface area contributed by atoms with Crippen LogP contribution in [-0.4, -0.2) is 12.1 Å². The Bertz CT molecular complexity index is 280. The van der Waals surface area contributed by atoms with Gasteiger partial charge in [-0.2, -0.15) is 0 Å². The van der Waals surface area contributed by atoms with Crippen LogP contribution in [0.2, 0.25) is 5.02 Å². The molecule has 0 radical (unpaired) electrons. The molecular formula is C7H6ClF2NO. The third-order valence-corrected chi connectivity index (χ3v) is 1.58. The van der Waals surface area contributed by atoms with Crippen LogP contribution in [0.1, 0.15) is 12.1 Å². The van der Waals surface area contributed by atoms with Crippen LogP contribution < -0.4 is 4.74 Å². The van der Waals surface area contributed by atoms with E-state index in [4.69, 9.17) is 16.3 Å². The quantitative estimate of drug-likeness (QED) is 0.721. The lowest BCUT2D eigenvalue weighted by Gasteiger charge is -2.03. The summed E-state index contributed by atoms with van der Waals surface area (Å²) in [6, 6.07) is 1.09. The lowest BCUT2D eigenvalue weighted by Crippen LogP contribution is -1.92. The topological polar surface area (TPSA) is 22.1 Å². The van der Waals surface area contributed by atoms with E-state index in [0.717, 1.165) is 6.07 Å². The molecule has 12 heavy (non-hydrogen) atoms. The third kappa shape index (κ3) is 1.82. The number of nitrogens with zero attached hydrogens (tertiary/aromatic N) is 1. The van der Waals surface area contributed by atoms with E-state index in [1.54, 1.807) is 0 Å². The molecular weight excluding hydrogens is 188 g/mol. The first kappa shape index (κ1) is 9.19. The molecule has 1 aromatic rings. The van der Waals surface area contributed by atoms with E-state index in [0.29, 0.717) is 5.75 Å². The van der Waals surface area contributed by atoms with Gasteiger partial charge in [0.15, 0.2) is 5.75 Å². The Morgan fingerprint density at radius 1 is 1.58 bits per heavy atom. The van der Waals surface area contributed by atoms with Gasteiger partial charge in [-0.1, -0.05) is 11.6 Å². The van der Waals surface area contributed by atoms with E-state index < -0.39 is 6.43 Å². The normalized spacial score (nSPS) is 10.4. The number of aromatic nitrogens is 1. The van der Waals surface area contributed by atoms with Gasteiger partial charge in [0.1, 0.15) is 5.69 Å². The maximum Gasteiger partial charge on any atom is 0.280 e. The van der Waals surface area contributed by atoms with Crippen molar-refractivity contribution in [1.82, 2.24) is 4.98 Å². The van der Waals surface area contributed by atoms with E-state index in [2.05, 4.69) is 4.98 Å². The van der Waals surface area contributed by atoms with Gasteiger partial charge in [0.05, 0.1) is 18.3 Å². The minimum absolute atomic E-state index is 0.141. The molecule has 1 rings (SSSR count). The molecule has 0 N–H and O–H groups in total. The summed E-state index contributed by atoms with van der Waals surface area (Å²) in [5, 5.41) is 0.141. The first-order valence-corrected chi connectivity index (χ1v) is 3.50. The molecule has 0 saturated carbocycles. The molecule has 1 aromatic heterocycles. The van der Waals surface area contributed by atoms with Crippen LogP contribution in [0.15, 0.2) is 12.3 Å². The molecule has 0 aliphatic carbocycles. The number of rotatable bonds is 2. The van der Waals surface area contributed by atoms with E-state index in [9.17, 15) is 8.78 Å². The fourth-order valence-electron chi connectivity index (χ4n) is 0.703. The molecule has 66 valence electrons. The van der Waals surface area contributed by atoms with Gasteiger partial charge >= 0.3 is 0 Å². The molecule has 0 aliphatic heterocycles. The molecule has 2 nitrogen and oxygen atoms in total. The first-order chi connectivity index (χ1) is 5.65. The second-order valence-corrected chi connectivity index (χ2v) is 2.45. The molecule has 0 unspecified atom stereocenters. The van der Waals surface area contributed by atoms with Crippen molar-refractivity contribution in [3.05, 3.63) is 23.0 Å². The smallest absolute Gasteiger partial charge is 0.280 e. The van der Waals surface area contributed by atoms with E-state index in [1.807, 2.05) is 0 Å². The summed E-state index contributed by atoms with van der Waals surface area (Å²) in [4.78, 5) is 3.45. The third-order valence-electron chi connectivity index (χ3n) is 1.28. The Morgan fingerprint density at radius 3 is 2.67 bits per heavy atom. The average Bonchev–Trinajstić information content (AvgIpc) is 2.04. The van der Waals surface area contributed by atoms with E-state index in [-0.39, 0.29) is 10.7 Å².